The summed E-state index contributed by atoms with van der Waals surface area (Å²) in [6, 6.07) is 22.5. The summed E-state index contributed by atoms with van der Waals surface area (Å²) in [6.45, 7) is 4.55. The number of benzene rings is 3. The second-order valence-corrected chi connectivity index (χ2v) is 9.55. The molecule has 0 bridgehead atoms. The van der Waals surface area contributed by atoms with Crippen molar-refractivity contribution < 1.29 is 13.2 Å². The Morgan fingerprint density at radius 1 is 0.871 bits per heavy atom. The Hall–Kier alpha value is -3.38. The van der Waals surface area contributed by atoms with Gasteiger partial charge in [-0.05, 0) is 37.1 Å². The molecule has 0 fully saturated rings. The van der Waals surface area contributed by atoms with Crippen molar-refractivity contribution in [1.29, 1.82) is 0 Å². The van der Waals surface area contributed by atoms with Gasteiger partial charge in [0.2, 0.25) is 5.78 Å². The average Bonchev–Trinajstić information content (AvgIpc) is 2.75. The molecule has 0 saturated carbocycles. The van der Waals surface area contributed by atoms with Crippen molar-refractivity contribution >= 4 is 21.5 Å². The fourth-order valence-corrected chi connectivity index (χ4v) is 5.19. The van der Waals surface area contributed by atoms with E-state index < -0.39 is 15.8 Å². The van der Waals surface area contributed by atoms with Crippen LogP contribution in [0.25, 0.3) is 0 Å². The molecule has 0 saturated heterocycles. The third-order valence-corrected chi connectivity index (χ3v) is 7.04. The number of anilines is 1. The Bertz CT molecular complexity index is 1260. The lowest BCUT2D eigenvalue weighted by Gasteiger charge is -2.31. The summed E-state index contributed by atoms with van der Waals surface area (Å²) in [5.74, 6) is -0.493. The molecule has 0 unspecified atom stereocenters. The van der Waals surface area contributed by atoms with Crippen molar-refractivity contribution in [1.82, 2.24) is 5.32 Å². The lowest BCUT2D eigenvalue weighted by molar-refractivity contribution is 0.104. The van der Waals surface area contributed by atoms with Gasteiger partial charge in [0.15, 0.2) is 4.91 Å². The number of hydrogen-bond donors (Lipinski definition) is 1. The van der Waals surface area contributed by atoms with Gasteiger partial charge in [-0.2, -0.15) is 0 Å². The first kappa shape index (κ1) is 20.9. The molecule has 0 spiro atoms. The topological polar surface area (TPSA) is 66.5 Å². The quantitative estimate of drug-likeness (QED) is 0.604. The van der Waals surface area contributed by atoms with E-state index in [1.54, 1.807) is 24.3 Å². The van der Waals surface area contributed by atoms with Crippen LogP contribution >= 0.6 is 0 Å². The standard InChI is InChI=1S/C25H24N2O3S/c1-18-10-12-20(13-11-18)15-26-16-24-25(28)22-8-3-4-9-23(22)27(31(24,29)30)17-21-7-5-6-19(2)14-21/h3-14,16,26H,15,17H2,1-2H3/b24-16+. The van der Waals surface area contributed by atoms with Gasteiger partial charge in [0, 0.05) is 18.3 Å². The largest absolute Gasteiger partial charge is 0.386 e. The molecule has 0 aliphatic carbocycles. The summed E-state index contributed by atoms with van der Waals surface area (Å²) in [5, 5.41) is 3.01. The van der Waals surface area contributed by atoms with Gasteiger partial charge in [-0.1, -0.05) is 71.8 Å². The Kier molecular flexibility index (Phi) is 5.65. The first-order valence-electron chi connectivity index (χ1n) is 10.1. The lowest BCUT2D eigenvalue weighted by Crippen LogP contribution is -2.39. The minimum Gasteiger partial charge on any atom is -0.386 e. The number of fused-ring (bicyclic) bond motifs is 1. The van der Waals surface area contributed by atoms with E-state index in [0.717, 1.165) is 22.3 Å². The predicted molar refractivity (Wildman–Crippen MR) is 123 cm³/mol. The number of para-hydroxylation sites is 1. The SMILES string of the molecule is Cc1ccc(CN/C=C2\C(=O)c3ccccc3N(Cc3cccc(C)c3)S2(=O)=O)cc1. The van der Waals surface area contributed by atoms with Crippen LogP contribution in [0, 0.1) is 13.8 Å². The van der Waals surface area contributed by atoms with Crippen LogP contribution in [-0.2, 0) is 23.1 Å². The number of Topliss-reactive ketones (excluding diaryl/α,β-unsaturated/α-hetero) is 1. The van der Waals surface area contributed by atoms with E-state index in [2.05, 4.69) is 5.32 Å². The van der Waals surface area contributed by atoms with Gasteiger partial charge < -0.3 is 5.32 Å². The van der Waals surface area contributed by atoms with Crippen molar-refractivity contribution in [3.63, 3.8) is 0 Å². The molecule has 31 heavy (non-hydrogen) atoms. The van der Waals surface area contributed by atoms with Gasteiger partial charge >= 0.3 is 0 Å². The zero-order chi connectivity index (χ0) is 22.0. The van der Waals surface area contributed by atoms with E-state index in [4.69, 9.17) is 0 Å². The highest BCUT2D eigenvalue weighted by Gasteiger charge is 2.39. The van der Waals surface area contributed by atoms with E-state index in [1.165, 1.54) is 10.5 Å². The summed E-state index contributed by atoms with van der Waals surface area (Å²) in [5.41, 5.74) is 4.85. The molecule has 3 aromatic rings. The maximum absolute atomic E-state index is 13.5. The van der Waals surface area contributed by atoms with Crippen LogP contribution in [0.5, 0.6) is 0 Å². The number of carbonyl (C=O) groups is 1. The molecule has 4 rings (SSSR count). The van der Waals surface area contributed by atoms with E-state index in [1.807, 2.05) is 62.4 Å². The summed E-state index contributed by atoms with van der Waals surface area (Å²) in [7, 11) is -4.02. The normalized spacial score (nSPS) is 16.3. The van der Waals surface area contributed by atoms with Crippen molar-refractivity contribution in [2.75, 3.05) is 4.31 Å². The van der Waals surface area contributed by atoms with Gasteiger partial charge in [-0.25, -0.2) is 8.42 Å². The zero-order valence-electron chi connectivity index (χ0n) is 17.5. The highest BCUT2D eigenvalue weighted by Crippen LogP contribution is 2.36. The van der Waals surface area contributed by atoms with Gasteiger partial charge in [0.25, 0.3) is 10.0 Å². The molecule has 0 atom stereocenters. The van der Waals surface area contributed by atoms with Crippen LogP contribution < -0.4 is 9.62 Å². The Morgan fingerprint density at radius 2 is 1.61 bits per heavy atom. The van der Waals surface area contributed by atoms with Gasteiger partial charge in [0.1, 0.15) is 0 Å². The molecule has 0 aromatic heterocycles. The minimum atomic E-state index is -4.02. The van der Waals surface area contributed by atoms with E-state index in [-0.39, 0.29) is 11.4 Å². The number of rotatable bonds is 5. The number of allylic oxidation sites excluding steroid dienone is 1. The van der Waals surface area contributed by atoms with E-state index in [9.17, 15) is 13.2 Å². The fourth-order valence-electron chi connectivity index (χ4n) is 3.64. The van der Waals surface area contributed by atoms with Crippen LogP contribution in [0.1, 0.15) is 32.6 Å². The third-order valence-electron chi connectivity index (χ3n) is 5.28. The molecule has 1 N–H and O–H groups in total. The fraction of sp³-hybridized carbons (Fsp3) is 0.160. The Morgan fingerprint density at radius 3 is 2.35 bits per heavy atom. The number of aryl methyl sites for hydroxylation is 2. The maximum atomic E-state index is 13.5. The highest BCUT2D eigenvalue weighted by molar-refractivity contribution is 7.97. The molecule has 1 heterocycles. The highest BCUT2D eigenvalue weighted by atomic mass is 32.2. The Balaban J connectivity index is 1.69. The summed E-state index contributed by atoms with van der Waals surface area (Å²) < 4.78 is 28.2. The molecule has 158 valence electrons. The van der Waals surface area contributed by atoms with Crippen molar-refractivity contribution in [2.45, 2.75) is 26.9 Å². The van der Waals surface area contributed by atoms with Crippen LogP contribution in [0.4, 0.5) is 5.69 Å². The van der Waals surface area contributed by atoms with Crippen LogP contribution in [0.3, 0.4) is 0 Å². The first-order chi connectivity index (χ1) is 14.9. The van der Waals surface area contributed by atoms with E-state index in [0.29, 0.717) is 17.8 Å². The summed E-state index contributed by atoms with van der Waals surface area (Å²) in [4.78, 5) is 12.8. The van der Waals surface area contributed by atoms with Crippen molar-refractivity contribution in [2.24, 2.45) is 0 Å². The smallest absolute Gasteiger partial charge is 0.270 e. The average molecular weight is 433 g/mol. The zero-order valence-corrected chi connectivity index (χ0v) is 18.3. The number of hydrogen-bond acceptors (Lipinski definition) is 4. The monoisotopic (exact) mass is 432 g/mol. The molecule has 1 aliphatic heterocycles. The number of nitrogens with one attached hydrogen (secondary N) is 1. The second kappa shape index (κ2) is 8.40. The van der Waals surface area contributed by atoms with Crippen LogP contribution in [0.15, 0.2) is 83.9 Å². The molecule has 5 nitrogen and oxygen atoms in total. The first-order valence-corrected chi connectivity index (χ1v) is 11.5. The summed E-state index contributed by atoms with van der Waals surface area (Å²) >= 11 is 0. The number of ketones is 1. The number of sulfonamides is 1. The molecule has 0 radical (unpaired) electrons. The van der Waals surface area contributed by atoms with E-state index >= 15 is 0 Å². The molecular weight excluding hydrogens is 408 g/mol. The Labute approximate surface area is 183 Å². The third kappa shape index (κ3) is 4.25. The number of carbonyl (C=O) groups excluding carboxylic acids is 1. The van der Waals surface area contributed by atoms with Gasteiger partial charge in [-0.15, -0.1) is 0 Å². The molecule has 1 aliphatic rings. The number of nitrogens with zero attached hydrogens (tertiary/aromatic N) is 1. The molecular formula is C25H24N2O3S. The van der Waals surface area contributed by atoms with Gasteiger partial charge in [-0.3, -0.25) is 9.10 Å². The predicted octanol–water partition coefficient (Wildman–Crippen LogP) is 4.47. The van der Waals surface area contributed by atoms with Crippen molar-refractivity contribution in [3.8, 4) is 0 Å². The van der Waals surface area contributed by atoms with Gasteiger partial charge in [0.05, 0.1) is 12.2 Å². The molecule has 3 aromatic carbocycles. The van der Waals surface area contributed by atoms with Crippen LogP contribution in [0.2, 0.25) is 0 Å². The molecule has 6 heteroatoms. The lowest BCUT2D eigenvalue weighted by atomic mass is 10.1. The minimum absolute atomic E-state index is 0.156. The summed E-state index contributed by atoms with van der Waals surface area (Å²) in [6.07, 6.45) is 1.33. The van der Waals surface area contributed by atoms with Crippen molar-refractivity contribution in [3.05, 3.63) is 112 Å². The second-order valence-electron chi connectivity index (χ2n) is 7.72. The molecule has 0 amide bonds. The maximum Gasteiger partial charge on any atom is 0.270 e. The van der Waals surface area contributed by atoms with Crippen LogP contribution in [-0.4, -0.2) is 14.2 Å².